The fourth-order valence-corrected chi connectivity index (χ4v) is 2.73. The van der Waals surface area contributed by atoms with Gasteiger partial charge in [-0.3, -0.25) is 4.79 Å². The Morgan fingerprint density at radius 3 is 2.44 bits per heavy atom. The van der Waals surface area contributed by atoms with E-state index in [2.05, 4.69) is 17.6 Å². The minimum atomic E-state index is -0.878. The fourth-order valence-electron chi connectivity index (χ4n) is 2.73. The zero-order valence-corrected chi connectivity index (χ0v) is 11.5. The third-order valence-electron chi connectivity index (χ3n) is 3.87. The number of rotatable bonds is 2. The first-order chi connectivity index (χ1) is 8.28. The van der Waals surface area contributed by atoms with E-state index >= 15 is 0 Å². The summed E-state index contributed by atoms with van der Waals surface area (Å²) in [7, 11) is 1.99. The molecule has 0 saturated carbocycles. The number of carboxylic acids is 1. The lowest BCUT2D eigenvalue weighted by Gasteiger charge is -2.20. The molecule has 0 aliphatic carbocycles. The lowest BCUT2D eigenvalue weighted by Crippen LogP contribution is -2.29. The third-order valence-corrected chi connectivity index (χ3v) is 3.87. The highest BCUT2D eigenvalue weighted by molar-refractivity contribution is 5.94. The van der Waals surface area contributed by atoms with Crippen molar-refractivity contribution in [3.63, 3.8) is 0 Å². The molecule has 2 aromatic rings. The first kappa shape index (κ1) is 12.7. The number of para-hydroxylation sites is 1. The Labute approximate surface area is 107 Å². The van der Waals surface area contributed by atoms with Gasteiger partial charge in [0.2, 0.25) is 0 Å². The van der Waals surface area contributed by atoms with E-state index in [1.807, 2.05) is 26.1 Å². The molecular weight excluding hydrogens is 226 g/mol. The molecule has 1 N–H and O–H groups in total. The third kappa shape index (κ3) is 1.54. The van der Waals surface area contributed by atoms with Crippen molar-refractivity contribution in [2.75, 3.05) is 0 Å². The average Bonchev–Trinajstić information content (AvgIpc) is 2.53. The van der Waals surface area contributed by atoms with E-state index in [1.54, 1.807) is 13.8 Å². The molecule has 96 valence electrons. The largest absolute Gasteiger partial charge is 0.481 e. The zero-order chi connectivity index (χ0) is 13.7. The van der Waals surface area contributed by atoms with Gasteiger partial charge in [0.05, 0.1) is 10.9 Å². The van der Waals surface area contributed by atoms with Crippen LogP contribution in [-0.2, 0) is 17.3 Å². The summed E-state index contributed by atoms with van der Waals surface area (Å²) in [6.45, 7) is 7.57. The van der Waals surface area contributed by atoms with E-state index in [4.69, 9.17) is 0 Å². The van der Waals surface area contributed by atoms with Crippen molar-refractivity contribution in [1.82, 2.24) is 4.57 Å². The summed E-state index contributed by atoms with van der Waals surface area (Å²) < 4.78 is 2.09. The summed E-state index contributed by atoms with van der Waals surface area (Å²) in [4.78, 5) is 11.5. The van der Waals surface area contributed by atoms with Gasteiger partial charge in [-0.15, -0.1) is 0 Å². The van der Waals surface area contributed by atoms with Crippen molar-refractivity contribution in [2.45, 2.75) is 33.1 Å². The van der Waals surface area contributed by atoms with E-state index in [0.29, 0.717) is 0 Å². The van der Waals surface area contributed by atoms with Gasteiger partial charge in [-0.1, -0.05) is 18.2 Å². The van der Waals surface area contributed by atoms with E-state index < -0.39 is 11.4 Å². The molecule has 1 aromatic carbocycles. The molecule has 0 fully saturated rings. The number of carboxylic acid groups (broad SMARTS) is 1. The van der Waals surface area contributed by atoms with Crippen LogP contribution in [0.25, 0.3) is 10.9 Å². The Bertz CT molecular complexity index is 635. The van der Waals surface area contributed by atoms with Crippen LogP contribution in [0.5, 0.6) is 0 Å². The number of hydrogen-bond donors (Lipinski definition) is 1. The maximum Gasteiger partial charge on any atom is 0.313 e. The molecule has 0 radical (unpaired) electrons. The van der Waals surface area contributed by atoms with Crippen LogP contribution in [0.15, 0.2) is 18.2 Å². The molecule has 0 amide bonds. The number of benzene rings is 1. The number of hydrogen-bond acceptors (Lipinski definition) is 1. The second-order valence-corrected chi connectivity index (χ2v) is 5.42. The summed E-state index contributed by atoms with van der Waals surface area (Å²) >= 11 is 0. The van der Waals surface area contributed by atoms with Crippen molar-refractivity contribution < 1.29 is 9.90 Å². The first-order valence-corrected chi connectivity index (χ1v) is 6.07. The second kappa shape index (κ2) is 3.87. The molecule has 1 heterocycles. The monoisotopic (exact) mass is 245 g/mol. The minimum absolute atomic E-state index is 0.792. The predicted molar refractivity (Wildman–Crippen MR) is 73.1 cm³/mol. The van der Waals surface area contributed by atoms with E-state index in [-0.39, 0.29) is 0 Å². The second-order valence-electron chi connectivity index (χ2n) is 5.42. The molecular formula is C15H19NO2. The van der Waals surface area contributed by atoms with Gasteiger partial charge in [-0.25, -0.2) is 0 Å². The summed E-state index contributed by atoms with van der Waals surface area (Å²) in [6.07, 6.45) is 0. The lowest BCUT2D eigenvalue weighted by atomic mass is 9.82. The highest BCUT2D eigenvalue weighted by Gasteiger charge is 2.34. The van der Waals surface area contributed by atoms with Gasteiger partial charge in [0, 0.05) is 18.1 Å². The molecule has 18 heavy (non-hydrogen) atoms. The number of fused-ring (bicyclic) bond motifs is 1. The van der Waals surface area contributed by atoms with E-state index in [9.17, 15) is 9.90 Å². The molecule has 0 atom stereocenters. The number of carbonyl (C=O) groups is 1. The van der Waals surface area contributed by atoms with Gasteiger partial charge in [0.15, 0.2) is 0 Å². The highest BCUT2D eigenvalue weighted by atomic mass is 16.4. The number of aromatic nitrogens is 1. The molecule has 0 aliphatic rings. The van der Waals surface area contributed by atoms with Crippen LogP contribution in [0, 0.1) is 13.8 Å². The summed E-state index contributed by atoms with van der Waals surface area (Å²) in [5.74, 6) is -0.792. The summed E-state index contributed by atoms with van der Waals surface area (Å²) in [5, 5.41) is 10.5. The maximum atomic E-state index is 11.5. The molecule has 0 saturated heterocycles. The summed E-state index contributed by atoms with van der Waals surface area (Å²) in [6, 6.07) is 6.05. The molecule has 0 bridgehead atoms. The van der Waals surface area contributed by atoms with Crippen molar-refractivity contribution in [2.24, 2.45) is 7.05 Å². The van der Waals surface area contributed by atoms with Crippen LogP contribution in [0.1, 0.15) is 30.7 Å². The average molecular weight is 245 g/mol. The van der Waals surface area contributed by atoms with Crippen LogP contribution in [-0.4, -0.2) is 15.6 Å². The topological polar surface area (TPSA) is 42.2 Å². The smallest absolute Gasteiger partial charge is 0.313 e. The normalized spacial score (nSPS) is 12.1. The number of nitrogens with zero attached hydrogens (tertiary/aromatic N) is 1. The molecule has 0 aliphatic heterocycles. The lowest BCUT2D eigenvalue weighted by molar-refractivity contribution is -0.142. The zero-order valence-electron chi connectivity index (χ0n) is 11.5. The molecule has 3 nitrogen and oxygen atoms in total. The van der Waals surface area contributed by atoms with E-state index in [1.165, 1.54) is 5.56 Å². The van der Waals surface area contributed by atoms with Gasteiger partial charge in [0.25, 0.3) is 0 Å². The fraction of sp³-hybridized carbons (Fsp3) is 0.400. The Balaban J connectivity index is 2.93. The predicted octanol–water partition coefficient (Wildman–Crippen LogP) is 3.16. The van der Waals surface area contributed by atoms with Crippen LogP contribution >= 0.6 is 0 Å². The van der Waals surface area contributed by atoms with Crippen molar-refractivity contribution >= 4 is 16.9 Å². The van der Waals surface area contributed by atoms with Gasteiger partial charge < -0.3 is 9.67 Å². The van der Waals surface area contributed by atoms with Crippen molar-refractivity contribution in [3.8, 4) is 0 Å². The first-order valence-electron chi connectivity index (χ1n) is 6.07. The van der Waals surface area contributed by atoms with Crippen LogP contribution in [0.3, 0.4) is 0 Å². The van der Waals surface area contributed by atoms with Crippen molar-refractivity contribution in [1.29, 1.82) is 0 Å². The standard InChI is InChI=1S/C15H19NO2/c1-9-7-6-8-11-12(15(3,4)14(17)18)10(2)16(5)13(9)11/h6-8H,1-5H3,(H,17,18). The van der Waals surface area contributed by atoms with Gasteiger partial charge in [0.1, 0.15) is 0 Å². The minimum Gasteiger partial charge on any atom is -0.481 e. The van der Waals surface area contributed by atoms with Crippen LogP contribution < -0.4 is 0 Å². The Kier molecular flexibility index (Phi) is 2.73. The Morgan fingerprint density at radius 2 is 1.89 bits per heavy atom. The van der Waals surface area contributed by atoms with Crippen LogP contribution in [0.2, 0.25) is 0 Å². The summed E-state index contributed by atoms with van der Waals surface area (Å²) in [5.41, 5.74) is 3.35. The molecule has 1 aromatic heterocycles. The molecule has 2 rings (SSSR count). The van der Waals surface area contributed by atoms with Gasteiger partial charge >= 0.3 is 5.97 Å². The maximum absolute atomic E-state index is 11.5. The van der Waals surface area contributed by atoms with Crippen LogP contribution in [0.4, 0.5) is 0 Å². The quantitative estimate of drug-likeness (QED) is 0.883. The number of aryl methyl sites for hydroxylation is 2. The van der Waals surface area contributed by atoms with E-state index in [0.717, 1.165) is 22.2 Å². The van der Waals surface area contributed by atoms with Gasteiger partial charge in [-0.2, -0.15) is 0 Å². The van der Waals surface area contributed by atoms with Crippen molar-refractivity contribution in [3.05, 3.63) is 35.0 Å². The number of aliphatic carboxylic acids is 1. The Hall–Kier alpha value is -1.77. The Morgan fingerprint density at radius 1 is 1.28 bits per heavy atom. The highest BCUT2D eigenvalue weighted by Crippen LogP contribution is 2.36. The molecule has 3 heteroatoms. The van der Waals surface area contributed by atoms with Gasteiger partial charge in [-0.05, 0) is 38.8 Å². The molecule has 0 unspecified atom stereocenters. The SMILES string of the molecule is Cc1cccc2c(C(C)(C)C(=O)O)c(C)n(C)c12. The molecule has 0 spiro atoms.